The molecular formula is C32H21Br3F2N4O4S2. The molecule has 2 aromatic heterocycles. The third kappa shape index (κ3) is 7.20. The molecule has 15 heteroatoms. The Balaban J connectivity index is 0.000000202. The van der Waals surface area contributed by atoms with Crippen molar-refractivity contribution in [1.82, 2.24) is 7.94 Å². The lowest BCUT2D eigenvalue weighted by atomic mass is 10.2. The lowest BCUT2D eigenvalue weighted by molar-refractivity contribution is 0.584. The molecule has 0 fully saturated rings. The Kier molecular flexibility index (Phi) is 11.1. The molecule has 0 unspecified atom stereocenters. The largest absolute Gasteiger partial charge is 0.268 e. The van der Waals surface area contributed by atoms with Crippen LogP contribution in [0.5, 0.6) is 0 Å². The van der Waals surface area contributed by atoms with E-state index in [9.17, 15) is 25.6 Å². The van der Waals surface area contributed by atoms with Crippen LogP contribution >= 0.6 is 44.2 Å². The number of fused-ring (bicyclic) bond motifs is 2. The normalized spacial score (nSPS) is 11.2. The highest BCUT2D eigenvalue weighted by molar-refractivity contribution is 9.93. The zero-order chi connectivity index (χ0) is 34.7. The van der Waals surface area contributed by atoms with Crippen LogP contribution in [0.1, 0.15) is 11.1 Å². The van der Waals surface area contributed by atoms with Gasteiger partial charge < -0.3 is 0 Å². The molecule has 0 spiro atoms. The van der Waals surface area contributed by atoms with E-state index in [0.29, 0.717) is 15.2 Å². The van der Waals surface area contributed by atoms with Crippen molar-refractivity contribution in [3.05, 3.63) is 141 Å². The van der Waals surface area contributed by atoms with Gasteiger partial charge in [0.15, 0.2) is 11.4 Å². The Hall–Kier alpha value is -3.86. The maximum absolute atomic E-state index is 14.4. The molecule has 0 aliphatic heterocycles. The van der Waals surface area contributed by atoms with Crippen LogP contribution in [0.25, 0.3) is 31.5 Å². The maximum atomic E-state index is 14.4. The second-order valence-corrected chi connectivity index (χ2v) is 14.4. The highest BCUT2D eigenvalue weighted by Gasteiger charge is 2.24. The van der Waals surface area contributed by atoms with E-state index in [1.54, 1.807) is 24.3 Å². The summed E-state index contributed by atoms with van der Waals surface area (Å²) in [6.45, 7) is 17.6. The minimum atomic E-state index is -3.93. The van der Waals surface area contributed by atoms with E-state index in [1.165, 1.54) is 54.9 Å². The van der Waals surface area contributed by atoms with Gasteiger partial charge in [-0.15, -0.1) is 0 Å². The molecule has 0 saturated carbocycles. The van der Waals surface area contributed by atoms with Gasteiger partial charge in [-0.25, -0.2) is 43.3 Å². The first-order chi connectivity index (χ1) is 22.3. The fourth-order valence-electron chi connectivity index (χ4n) is 4.58. The quantitative estimate of drug-likeness (QED) is 0.165. The minimum absolute atomic E-state index is 0.0482. The van der Waals surface area contributed by atoms with Crippen LogP contribution in [0, 0.1) is 38.6 Å². The Bertz CT molecular complexity index is 2430. The van der Waals surface area contributed by atoms with Gasteiger partial charge in [0.05, 0.1) is 34.0 Å². The molecule has 0 aliphatic carbocycles. The number of nitrogens with zero attached hydrogens (tertiary/aromatic N) is 4. The van der Waals surface area contributed by atoms with Gasteiger partial charge in [-0.05, 0) is 89.8 Å². The Morgan fingerprint density at radius 3 is 1.60 bits per heavy atom. The molecule has 47 heavy (non-hydrogen) atoms. The first-order valence-electron chi connectivity index (χ1n) is 13.1. The van der Waals surface area contributed by atoms with Gasteiger partial charge in [0.25, 0.3) is 20.0 Å². The van der Waals surface area contributed by atoms with Gasteiger partial charge in [0, 0.05) is 50.5 Å². The summed E-state index contributed by atoms with van der Waals surface area (Å²) in [5.74, 6) is -1.49. The van der Waals surface area contributed by atoms with Crippen LogP contribution < -0.4 is 0 Å². The molecule has 0 bridgehead atoms. The number of benzene rings is 4. The van der Waals surface area contributed by atoms with E-state index < -0.39 is 31.7 Å². The first-order valence-corrected chi connectivity index (χ1v) is 20.5. The van der Waals surface area contributed by atoms with E-state index in [4.69, 9.17) is 13.1 Å². The van der Waals surface area contributed by atoms with Crippen molar-refractivity contribution in [3.63, 3.8) is 0 Å². The summed E-state index contributed by atoms with van der Waals surface area (Å²) in [6.07, 6.45) is 2.60. The first kappa shape index (κ1) is 36.0. The van der Waals surface area contributed by atoms with Crippen molar-refractivity contribution in [2.24, 2.45) is 0 Å². The Labute approximate surface area is 294 Å². The molecule has 0 atom stereocenters. The summed E-state index contributed by atoms with van der Waals surface area (Å²) in [7, 11) is -7.82. The van der Waals surface area contributed by atoms with Crippen molar-refractivity contribution in [3.8, 4) is 0 Å². The van der Waals surface area contributed by atoms with Crippen LogP contribution in [-0.4, -0.2) is 24.8 Å². The molecule has 0 N–H and O–H groups in total. The molecule has 4 aromatic carbocycles. The highest BCUT2D eigenvalue weighted by Crippen LogP contribution is 2.34. The lowest BCUT2D eigenvalue weighted by Crippen LogP contribution is -2.12. The van der Waals surface area contributed by atoms with Crippen molar-refractivity contribution < 1.29 is 25.6 Å². The molecule has 6 rings (SSSR count). The minimum Gasteiger partial charge on any atom is -0.238 e. The average Bonchev–Trinajstić information content (AvgIpc) is 3.65. The van der Waals surface area contributed by atoms with Gasteiger partial charge >= 0.3 is 0 Å². The maximum Gasteiger partial charge on any atom is 0.268 e. The van der Waals surface area contributed by atoms with Crippen LogP contribution in [0.3, 0.4) is 0 Å². The van der Waals surface area contributed by atoms with E-state index in [1.807, 2.05) is 13.8 Å². The molecule has 2 heterocycles. The topological polar surface area (TPSA) is 86.9 Å². The Morgan fingerprint density at radius 1 is 0.660 bits per heavy atom. The predicted molar refractivity (Wildman–Crippen MR) is 189 cm³/mol. The number of aromatic nitrogens is 2. The van der Waals surface area contributed by atoms with Crippen molar-refractivity contribution >= 4 is 97.4 Å². The van der Waals surface area contributed by atoms with Gasteiger partial charge in [-0.1, -0.05) is 35.4 Å². The predicted octanol–water partition coefficient (Wildman–Crippen LogP) is 10.2. The lowest BCUT2D eigenvalue weighted by Gasteiger charge is -2.08. The fourth-order valence-corrected chi connectivity index (χ4v) is 7.96. The van der Waals surface area contributed by atoms with Crippen LogP contribution in [-0.2, 0) is 20.0 Å². The van der Waals surface area contributed by atoms with Crippen LogP contribution in [0.2, 0.25) is 0 Å². The van der Waals surface area contributed by atoms with Crippen LogP contribution in [0.4, 0.5) is 20.2 Å². The number of hydrogen-bond acceptors (Lipinski definition) is 4. The standard InChI is InChI=1S/C16H10BrFN2O2S.C16H11FN2O2S.Br2/c1-10-3-5-12(6-4-10)23(21,22)20-9-14(17)13-7-11(19-2)8-15(18)16(13)20;1-11-3-5-14(6-4-11)22(20,21)19-8-7-12-9-13(18-2)10-15(17)16(12)19;1-2/h3-9H,1H3;3-10H,1H3;. The zero-order valence-electron chi connectivity index (χ0n) is 24.3. The monoisotopic (exact) mass is 864 g/mol. The van der Waals surface area contributed by atoms with E-state index in [-0.39, 0.29) is 32.2 Å². The average molecular weight is 867 g/mol. The van der Waals surface area contributed by atoms with E-state index >= 15 is 0 Å². The summed E-state index contributed by atoms with van der Waals surface area (Å²) in [5, 5.41) is 0.716. The van der Waals surface area contributed by atoms with Crippen LogP contribution in [0.15, 0.2) is 106 Å². The van der Waals surface area contributed by atoms with E-state index in [2.05, 4.69) is 53.9 Å². The molecule has 0 radical (unpaired) electrons. The summed E-state index contributed by atoms with van der Waals surface area (Å²) >= 11 is 8.74. The van der Waals surface area contributed by atoms with Crippen molar-refractivity contribution in [2.45, 2.75) is 23.6 Å². The number of aryl methyl sites for hydroxylation is 2. The summed E-state index contributed by atoms with van der Waals surface area (Å²) in [5.41, 5.74) is 1.98. The summed E-state index contributed by atoms with van der Waals surface area (Å²) in [4.78, 5) is 6.52. The van der Waals surface area contributed by atoms with Gasteiger partial charge in [-0.3, -0.25) is 0 Å². The van der Waals surface area contributed by atoms with Gasteiger partial charge in [-0.2, -0.15) is 0 Å². The molecule has 8 nitrogen and oxygen atoms in total. The highest BCUT2D eigenvalue weighted by atomic mass is 80.9. The molecule has 240 valence electrons. The Morgan fingerprint density at radius 2 is 1.11 bits per heavy atom. The molecule has 6 aromatic rings. The number of hydrogen-bond donors (Lipinski definition) is 0. The van der Waals surface area contributed by atoms with Crippen molar-refractivity contribution in [1.29, 1.82) is 0 Å². The zero-order valence-corrected chi connectivity index (χ0v) is 30.7. The second-order valence-electron chi connectivity index (χ2n) is 9.93. The third-order valence-electron chi connectivity index (χ3n) is 6.86. The second kappa shape index (κ2) is 14.5. The van der Waals surface area contributed by atoms with Gasteiger partial charge in [0.2, 0.25) is 0 Å². The summed E-state index contributed by atoms with van der Waals surface area (Å²) < 4.78 is 81.7. The fraction of sp³-hybridized carbons (Fsp3) is 0.0625. The van der Waals surface area contributed by atoms with Crippen molar-refractivity contribution in [2.75, 3.05) is 0 Å². The van der Waals surface area contributed by atoms with E-state index in [0.717, 1.165) is 31.2 Å². The van der Waals surface area contributed by atoms with Gasteiger partial charge in [0.1, 0.15) is 11.6 Å². The molecular weight excluding hydrogens is 846 g/mol. The molecule has 0 aliphatic rings. The molecule has 0 amide bonds. The molecule has 0 saturated heterocycles. The smallest absolute Gasteiger partial charge is 0.238 e. The number of rotatable bonds is 4. The summed E-state index contributed by atoms with van der Waals surface area (Å²) in [6, 6.07) is 19.1. The SMILES string of the molecule is BrBr.[C-]#[N+]c1cc(F)c2c(c1)c(Br)cn2S(=O)(=O)c1ccc(C)cc1.[C-]#[N+]c1cc(F)c2c(ccn2S(=O)(=O)c2ccc(C)cc2)c1. The third-order valence-corrected chi connectivity index (χ3v) is 10.9. The number of halogens is 5.